The number of rotatable bonds is 11. The molecule has 2 heterocycles. The number of carbonyl (C=O) groups is 4. The van der Waals surface area contributed by atoms with Gasteiger partial charge >= 0.3 is 23.6 Å². The first-order chi connectivity index (χ1) is 22.1. The summed E-state index contributed by atoms with van der Waals surface area (Å²) in [6.07, 6.45) is 0.418. The molecule has 12 nitrogen and oxygen atoms in total. The average molecular weight is 644 g/mol. The van der Waals surface area contributed by atoms with E-state index in [4.69, 9.17) is 14.2 Å². The average Bonchev–Trinajstić information content (AvgIpc) is 3.08. The first-order valence-corrected chi connectivity index (χ1v) is 15.3. The number of fused-ring (bicyclic) bond motifs is 1. The molecule has 1 fully saturated rings. The predicted octanol–water partition coefficient (Wildman–Crippen LogP) is 4.73. The lowest BCUT2D eigenvalue weighted by Gasteiger charge is -2.53. The molecule has 13 heteroatoms. The quantitative estimate of drug-likeness (QED) is 0.0715. The van der Waals surface area contributed by atoms with Gasteiger partial charge in [-0.1, -0.05) is 67.6 Å². The van der Waals surface area contributed by atoms with Crippen LogP contribution in [0.15, 0.2) is 101 Å². The summed E-state index contributed by atoms with van der Waals surface area (Å²) in [5.41, 5.74) is -0.125. The number of β-lactam (4-membered cyclic amide) rings is 1. The third-order valence-corrected chi connectivity index (χ3v) is 8.59. The van der Waals surface area contributed by atoms with Crippen LogP contribution in [0.4, 0.5) is 5.69 Å². The maximum absolute atomic E-state index is 14.1. The molecule has 46 heavy (non-hydrogen) atoms. The molecule has 0 aliphatic carbocycles. The number of hydrogen-bond donors (Lipinski definition) is 0. The van der Waals surface area contributed by atoms with Crippen LogP contribution in [0.25, 0.3) is 0 Å². The Labute approximate surface area is 268 Å². The molecular formula is C33H29N3O9S. The number of benzene rings is 3. The normalized spacial score (nSPS) is 19.0. The summed E-state index contributed by atoms with van der Waals surface area (Å²) in [7, 11) is 0. The maximum Gasteiger partial charge on any atom is 0.356 e. The van der Waals surface area contributed by atoms with Crippen LogP contribution >= 0.6 is 11.8 Å². The second kappa shape index (κ2) is 13.8. The molecule has 2 aliphatic rings. The zero-order chi connectivity index (χ0) is 32.8. The van der Waals surface area contributed by atoms with Gasteiger partial charge in [0.15, 0.2) is 11.5 Å². The van der Waals surface area contributed by atoms with Crippen molar-refractivity contribution >= 4 is 47.5 Å². The number of esters is 3. The summed E-state index contributed by atoms with van der Waals surface area (Å²) in [5, 5.41) is 10.1. The van der Waals surface area contributed by atoms with Crippen LogP contribution in [0.3, 0.4) is 0 Å². The van der Waals surface area contributed by atoms with Gasteiger partial charge in [-0.3, -0.25) is 29.4 Å². The van der Waals surface area contributed by atoms with E-state index in [0.29, 0.717) is 22.3 Å². The lowest BCUT2D eigenvalue weighted by Crippen LogP contribution is -2.74. The van der Waals surface area contributed by atoms with Crippen LogP contribution < -0.4 is 0 Å². The van der Waals surface area contributed by atoms with Crippen molar-refractivity contribution in [2.24, 2.45) is 4.99 Å². The number of non-ortho nitro benzene ring substituents is 1. The fraction of sp³-hybridized carbons (Fsp3) is 0.242. The molecule has 3 aromatic rings. The molecule has 1 amide bonds. The highest BCUT2D eigenvalue weighted by Gasteiger charge is 2.68. The first-order valence-electron chi connectivity index (χ1n) is 14.3. The molecule has 236 valence electrons. The van der Waals surface area contributed by atoms with Crippen molar-refractivity contribution in [3.63, 3.8) is 0 Å². The Morgan fingerprint density at radius 1 is 1.04 bits per heavy atom. The van der Waals surface area contributed by atoms with Gasteiger partial charge in [0.25, 0.3) is 11.6 Å². The maximum atomic E-state index is 14.1. The van der Waals surface area contributed by atoms with E-state index in [-0.39, 0.29) is 30.2 Å². The van der Waals surface area contributed by atoms with E-state index in [2.05, 4.69) is 4.99 Å². The molecule has 0 aromatic heterocycles. The summed E-state index contributed by atoms with van der Waals surface area (Å²) in [5.74, 6) is -2.78. The number of nitro benzene ring substituents is 1. The predicted molar refractivity (Wildman–Crippen MR) is 167 cm³/mol. The highest BCUT2D eigenvalue weighted by Crippen LogP contribution is 2.49. The Morgan fingerprint density at radius 3 is 2.20 bits per heavy atom. The Morgan fingerprint density at radius 2 is 1.65 bits per heavy atom. The smallest absolute Gasteiger partial charge is 0.356 e. The minimum atomic E-state index is -2.02. The number of carbonyl (C=O) groups excluding carboxylic acids is 4. The highest BCUT2D eigenvalue weighted by molar-refractivity contribution is 8.00. The fourth-order valence-electron chi connectivity index (χ4n) is 4.94. The van der Waals surface area contributed by atoms with Gasteiger partial charge in [-0.25, -0.2) is 9.79 Å². The number of amides is 1. The van der Waals surface area contributed by atoms with Crippen LogP contribution in [0.5, 0.6) is 0 Å². The summed E-state index contributed by atoms with van der Waals surface area (Å²) in [6, 6.07) is 23.6. The first kappa shape index (κ1) is 32.1. The van der Waals surface area contributed by atoms with E-state index in [9.17, 15) is 29.3 Å². The molecule has 0 spiro atoms. The van der Waals surface area contributed by atoms with E-state index < -0.39 is 45.9 Å². The molecule has 2 aliphatic heterocycles. The second-order valence-electron chi connectivity index (χ2n) is 10.3. The minimum Gasteiger partial charge on any atom is -0.461 e. The standard InChI is InChI=1S/C33H29N3O9S/c1-3-27(38)45-33(34-18-22-14-16-26(17-15-22)36(41)42)31(40)35-28(25(19-43-21(2)37)20-46-32(33)35)30(39)44-29(23-10-6-4-7-11-23)24-12-8-5-9-13-24/h4-18,29,32H,3,19-20H2,1-2H3/t32-,33-/m1/s1. The van der Waals surface area contributed by atoms with Gasteiger partial charge < -0.3 is 14.2 Å². The minimum absolute atomic E-state index is 0.0439. The van der Waals surface area contributed by atoms with Crippen LogP contribution in [-0.4, -0.2) is 63.3 Å². The number of ether oxygens (including phenoxy) is 3. The van der Waals surface area contributed by atoms with Crippen molar-refractivity contribution in [1.82, 2.24) is 4.90 Å². The molecule has 1 saturated heterocycles. The summed E-state index contributed by atoms with van der Waals surface area (Å²) < 4.78 is 17.0. The lowest BCUT2D eigenvalue weighted by molar-refractivity contribution is -0.384. The number of aliphatic imine (C=N–C) groups is 1. The molecular weight excluding hydrogens is 614 g/mol. The van der Waals surface area contributed by atoms with Crippen LogP contribution in [0, 0.1) is 10.1 Å². The number of hydrogen-bond acceptors (Lipinski definition) is 11. The van der Waals surface area contributed by atoms with E-state index in [0.717, 1.165) is 0 Å². The number of nitrogens with zero attached hydrogens (tertiary/aromatic N) is 3. The van der Waals surface area contributed by atoms with Crippen LogP contribution in [0.2, 0.25) is 0 Å². The van der Waals surface area contributed by atoms with Gasteiger partial charge in [0.05, 0.1) is 4.92 Å². The molecule has 0 unspecified atom stereocenters. The van der Waals surface area contributed by atoms with Gasteiger partial charge in [-0.15, -0.1) is 11.8 Å². The van der Waals surface area contributed by atoms with Crippen LogP contribution in [0.1, 0.15) is 43.1 Å². The Hall–Kier alpha value is -5.30. The Balaban J connectivity index is 1.52. The van der Waals surface area contributed by atoms with E-state index in [1.165, 1.54) is 54.1 Å². The molecule has 3 aromatic carbocycles. The Bertz CT molecular complexity index is 1670. The molecule has 0 saturated carbocycles. The highest BCUT2D eigenvalue weighted by atomic mass is 32.2. The van der Waals surface area contributed by atoms with Crippen molar-refractivity contribution in [2.45, 2.75) is 37.5 Å². The fourth-order valence-corrected chi connectivity index (χ4v) is 6.31. The third kappa shape index (κ3) is 6.54. The zero-order valence-electron chi connectivity index (χ0n) is 24.9. The molecule has 0 radical (unpaired) electrons. The molecule has 0 bridgehead atoms. The lowest BCUT2D eigenvalue weighted by atomic mass is 9.98. The summed E-state index contributed by atoms with van der Waals surface area (Å²) in [6.45, 7) is 2.53. The molecule has 5 rings (SSSR count). The van der Waals surface area contributed by atoms with E-state index in [1.54, 1.807) is 6.92 Å². The van der Waals surface area contributed by atoms with E-state index in [1.807, 2.05) is 60.7 Å². The van der Waals surface area contributed by atoms with Crippen LogP contribution in [-0.2, 0) is 33.4 Å². The van der Waals surface area contributed by atoms with Gasteiger partial charge in [-0.05, 0) is 28.8 Å². The Kier molecular flexibility index (Phi) is 9.61. The second-order valence-corrected chi connectivity index (χ2v) is 11.4. The molecule has 2 atom stereocenters. The number of thioether (sulfide) groups is 1. The largest absolute Gasteiger partial charge is 0.461 e. The monoisotopic (exact) mass is 643 g/mol. The van der Waals surface area contributed by atoms with E-state index >= 15 is 0 Å². The van der Waals surface area contributed by atoms with Crippen molar-refractivity contribution in [3.05, 3.63) is 123 Å². The van der Waals surface area contributed by atoms with Gasteiger partial charge in [0, 0.05) is 43.0 Å². The third-order valence-electron chi connectivity index (χ3n) is 7.23. The van der Waals surface area contributed by atoms with Gasteiger partial charge in [0.2, 0.25) is 0 Å². The van der Waals surface area contributed by atoms with Crippen molar-refractivity contribution in [3.8, 4) is 0 Å². The topological polar surface area (TPSA) is 155 Å². The zero-order valence-corrected chi connectivity index (χ0v) is 25.7. The SMILES string of the molecule is CCC(=O)O[C@]1(N=Cc2ccc([N+](=O)[O-])cc2)C(=O)N2C(C(=O)OC(c3ccccc3)c3ccccc3)=C(COC(C)=O)CS[C@@H]21. The van der Waals surface area contributed by atoms with Crippen molar-refractivity contribution < 1.29 is 38.3 Å². The van der Waals surface area contributed by atoms with Crippen molar-refractivity contribution in [2.75, 3.05) is 12.4 Å². The summed E-state index contributed by atoms with van der Waals surface area (Å²) >= 11 is 1.18. The van der Waals surface area contributed by atoms with Crippen molar-refractivity contribution in [1.29, 1.82) is 0 Å². The van der Waals surface area contributed by atoms with Gasteiger partial charge in [0.1, 0.15) is 12.3 Å². The summed E-state index contributed by atoms with van der Waals surface area (Å²) in [4.78, 5) is 68.5. The van der Waals surface area contributed by atoms with Gasteiger partial charge in [-0.2, -0.15) is 0 Å². The number of nitro groups is 1. The molecule has 0 N–H and O–H groups in total.